The number of rotatable bonds is 8. The first-order valence-corrected chi connectivity index (χ1v) is 11.2. The zero-order chi connectivity index (χ0) is 23.1. The van der Waals surface area contributed by atoms with Crippen LogP contribution in [0.1, 0.15) is 19.4 Å². The van der Waals surface area contributed by atoms with Crippen molar-refractivity contribution in [1.82, 2.24) is 9.80 Å². The number of hydrogen-bond donors (Lipinski definition) is 1. The lowest BCUT2D eigenvalue weighted by molar-refractivity contribution is -0.137. The summed E-state index contributed by atoms with van der Waals surface area (Å²) in [7, 11) is 3.36. The van der Waals surface area contributed by atoms with Crippen LogP contribution in [0.2, 0.25) is 0 Å². The van der Waals surface area contributed by atoms with E-state index in [4.69, 9.17) is 4.74 Å². The van der Waals surface area contributed by atoms with Gasteiger partial charge in [-0.05, 0) is 37.1 Å². The van der Waals surface area contributed by atoms with Crippen LogP contribution in [0.3, 0.4) is 0 Å². The number of piperazine rings is 1. The van der Waals surface area contributed by atoms with E-state index in [-0.39, 0.29) is 24.4 Å². The fraction of sp³-hybridized carbons (Fsp3) is 0.440. The normalized spacial score (nSPS) is 15.2. The molecule has 0 radical (unpaired) electrons. The van der Waals surface area contributed by atoms with Gasteiger partial charge in [-0.3, -0.25) is 14.5 Å². The Kier molecular flexibility index (Phi) is 8.11. The Morgan fingerprint density at radius 1 is 1.09 bits per heavy atom. The summed E-state index contributed by atoms with van der Waals surface area (Å²) >= 11 is 0. The van der Waals surface area contributed by atoms with Crippen molar-refractivity contribution in [3.05, 3.63) is 54.1 Å². The van der Waals surface area contributed by atoms with Crippen LogP contribution >= 0.6 is 0 Å². The van der Waals surface area contributed by atoms with Crippen molar-refractivity contribution in [3.8, 4) is 5.75 Å². The molecule has 1 aliphatic rings. The fourth-order valence-electron chi connectivity index (χ4n) is 4.08. The van der Waals surface area contributed by atoms with E-state index in [1.807, 2.05) is 49.4 Å². The Morgan fingerprint density at radius 2 is 1.81 bits per heavy atom. The van der Waals surface area contributed by atoms with Crippen molar-refractivity contribution in [2.24, 2.45) is 0 Å². The summed E-state index contributed by atoms with van der Waals surface area (Å²) in [6, 6.07) is 15.5. The van der Waals surface area contributed by atoms with Gasteiger partial charge in [0.15, 0.2) is 0 Å². The molecular formula is C25H34N4O3. The van der Waals surface area contributed by atoms with Crippen LogP contribution in [0.15, 0.2) is 48.5 Å². The third-order valence-electron chi connectivity index (χ3n) is 6.07. The van der Waals surface area contributed by atoms with E-state index < -0.39 is 0 Å². The predicted octanol–water partition coefficient (Wildman–Crippen LogP) is 2.87. The highest BCUT2D eigenvalue weighted by molar-refractivity contribution is 5.95. The third-order valence-corrected chi connectivity index (χ3v) is 6.07. The maximum atomic E-state index is 13.0. The van der Waals surface area contributed by atoms with E-state index in [1.54, 1.807) is 14.2 Å². The zero-order valence-electron chi connectivity index (χ0n) is 19.5. The molecule has 32 heavy (non-hydrogen) atoms. The third kappa shape index (κ3) is 5.79. The number of likely N-dealkylation sites (N-methyl/N-ethyl adjacent to an activating group) is 1. The maximum Gasteiger partial charge on any atom is 0.243 e. The molecular weight excluding hydrogens is 404 g/mol. The Bertz CT molecular complexity index is 925. The minimum Gasteiger partial charge on any atom is -0.497 e. The number of aryl methyl sites for hydroxylation is 1. The highest BCUT2D eigenvalue weighted by Gasteiger charge is 2.28. The van der Waals surface area contributed by atoms with Crippen molar-refractivity contribution in [1.29, 1.82) is 0 Å². The smallest absolute Gasteiger partial charge is 0.243 e. The summed E-state index contributed by atoms with van der Waals surface area (Å²) in [6.07, 6.45) is 0.837. The summed E-state index contributed by atoms with van der Waals surface area (Å²) in [5.74, 6) is 0.616. The predicted molar refractivity (Wildman–Crippen MR) is 128 cm³/mol. The van der Waals surface area contributed by atoms with E-state index in [9.17, 15) is 9.59 Å². The molecule has 1 saturated heterocycles. The lowest BCUT2D eigenvalue weighted by Crippen LogP contribution is -2.54. The number of carbonyl (C=O) groups is 2. The number of hydrogen-bond acceptors (Lipinski definition) is 5. The number of benzene rings is 2. The molecule has 1 unspecified atom stereocenters. The van der Waals surface area contributed by atoms with Crippen LogP contribution in [0.5, 0.6) is 5.75 Å². The molecule has 1 atom stereocenters. The fourth-order valence-corrected chi connectivity index (χ4v) is 4.08. The first-order chi connectivity index (χ1) is 15.4. The first-order valence-electron chi connectivity index (χ1n) is 11.2. The average molecular weight is 439 g/mol. The quantitative estimate of drug-likeness (QED) is 0.687. The summed E-state index contributed by atoms with van der Waals surface area (Å²) in [4.78, 5) is 31.5. The minimum absolute atomic E-state index is 0.0327. The second-order valence-electron chi connectivity index (χ2n) is 8.15. The molecule has 2 aromatic carbocycles. The number of para-hydroxylation sites is 1. The number of carbonyl (C=O) groups excluding carboxylic acids is 2. The van der Waals surface area contributed by atoms with Crippen molar-refractivity contribution >= 4 is 23.2 Å². The summed E-state index contributed by atoms with van der Waals surface area (Å²) < 4.78 is 5.32. The SMILES string of the molecule is CCc1ccccc1NC(=O)CN(C)C(=O)C(C)N1CCN(c2cccc(OC)c2)CC1. The number of nitrogens with zero attached hydrogens (tertiary/aromatic N) is 3. The molecule has 0 spiro atoms. The number of methoxy groups -OCH3 is 1. The molecule has 2 amide bonds. The van der Waals surface area contributed by atoms with E-state index in [2.05, 4.69) is 28.1 Å². The van der Waals surface area contributed by atoms with Gasteiger partial charge in [0.25, 0.3) is 0 Å². The summed E-state index contributed by atoms with van der Waals surface area (Å²) in [5, 5.41) is 2.94. The van der Waals surface area contributed by atoms with Crippen molar-refractivity contribution in [2.45, 2.75) is 26.3 Å². The van der Waals surface area contributed by atoms with Crippen LogP contribution in [-0.4, -0.2) is 74.5 Å². The van der Waals surface area contributed by atoms with Gasteiger partial charge >= 0.3 is 0 Å². The zero-order valence-corrected chi connectivity index (χ0v) is 19.5. The lowest BCUT2D eigenvalue weighted by atomic mass is 10.1. The van der Waals surface area contributed by atoms with Gasteiger partial charge in [-0.25, -0.2) is 0 Å². The average Bonchev–Trinajstić information content (AvgIpc) is 2.83. The number of amides is 2. The van der Waals surface area contributed by atoms with Gasteiger partial charge in [0.2, 0.25) is 11.8 Å². The van der Waals surface area contributed by atoms with Crippen molar-refractivity contribution < 1.29 is 14.3 Å². The summed E-state index contributed by atoms with van der Waals surface area (Å²) in [5.41, 5.74) is 3.02. The standard InChI is InChI=1S/C25H34N4O3/c1-5-20-9-6-7-12-23(20)26-24(30)18-27(3)25(31)19(2)28-13-15-29(16-14-28)21-10-8-11-22(17-21)32-4/h6-12,17,19H,5,13-16,18H2,1-4H3,(H,26,30). The van der Waals surface area contributed by atoms with Gasteiger partial charge in [-0.1, -0.05) is 31.2 Å². The Labute approximate surface area is 190 Å². The Hall–Kier alpha value is -3.06. The van der Waals surface area contributed by atoms with Crippen LogP contribution in [0.4, 0.5) is 11.4 Å². The van der Waals surface area contributed by atoms with E-state index in [0.29, 0.717) is 0 Å². The van der Waals surface area contributed by atoms with E-state index >= 15 is 0 Å². The number of ether oxygens (including phenoxy) is 1. The van der Waals surface area contributed by atoms with Gasteiger partial charge in [0.05, 0.1) is 19.7 Å². The topological polar surface area (TPSA) is 65.1 Å². The molecule has 0 aliphatic carbocycles. The van der Waals surface area contributed by atoms with Gasteiger partial charge in [0, 0.05) is 50.7 Å². The Balaban J connectivity index is 1.51. The van der Waals surface area contributed by atoms with Crippen LogP contribution < -0.4 is 15.0 Å². The molecule has 7 nitrogen and oxygen atoms in total. The second kappa shape index (κ2) is 11.0. The lowest BCUT2D eigenvalue weighted by Gasteiger charge is -2.39. The molecule has 0 saturated carbocycles. The van der Waals surface area contributed by atoms with Gasteiger partial charge in [0.1, 0.15) is 5.75 Å². The molecule has 1 aliphatic heterocycles. The molecule has 1 N–H and O–H groups in total. The van der Waals surface area contributed by atoms with Gasteiger partial charge in [-0.15, -0.1) is 0 Å². The number of anilines is 2. The second-order valence-corrected chi connectivity index (χ2v) is 8.15. The van der Waals surface area contributed by atoms with Gasteiger partial charge in [-0.2, -0.15) is 0 Å². The molecule has 7 heteroatoms. The number of nitrogens with one attached hydrogen (secondary N) is 1. The first kappa shape index (κ1) is 23.6. The van der Waals surface area contributed by atoms with E-state index in [0.717, 1.165) is 55.3 Å². The summed E-state index contributed by atoms with van der Waals surface area (Å²) in [6.45, 7) is 7.25. The Morgan fingerprint density at radius 3 is 2.50 bits per heavy atom. The monoisotopic (exact) mass is 438 g/mol. The molecule has 2 aromatic rings. The van der Waals surface area contributed by atoms with Gasteiger partial charge < -0.3 is 19.9 Å². The highest BCUT2D eigenvalue weighted by Crippen LogP contribution is 2.22. The molecule has 3 rings (SSSR count). The van der Waals surface area contributed by atoms with Crippen molar-refractivity contribution in [3.63, 3.8) is 0 Å². The molecule has 0 bridgehead atoms. The molecule has 1 heterocycles. The molecule has 0 aromatic heterocycles. The molecule has 172 valence electrons. The minimum atomic E-state index is -0.275. The maximum absolute atomic E-state index is 13.0. The van der Waals surface area contributed by atoms with Crippen molar-refractivity contribution in [2.75, 3.05) is 57.1 Å². The highest BCUT2D eigenvalue weighted by atomic mass is 16.5. The van der Waals surface area contributed by atoms with Crippen LogP contribution in [-0.2, 0) is 16.0 Å². The largest absolute Gasteiger partial charge is 0.497 e. The van der Waals surface area contributed by atoms with Crippen LogP contribution in [0, 0.1) is 0 Å². The van der Waals surface area contributed by atoms with E-state index in [1.165, 1.54) is 4.90 Å². The molecule has 1 fully saturated rings. The van der Waals surface area contributed by atoms with Crippen LogP contribution in [0.25, 0.3) is 0 Å².